The van der Waals surface area contributed by atoms with Crippen LogP contribution in [0.25, 0.3) is 0 Å². The molecule has 0 saturated heterocycles. The molecule has 0 radical (unpaired) electrons. The summed E-state index contributed by atoms with van der Waals surface area (Å²) in [5.74, 6) is 0.160. The summed E-state index contributed by atoms with van der Waals surface area (Å²) < 4.78 is 0. The summed E-state index contributed by atoms with van der Waals surface area (Å²) in [6.45, 7) is 1.40. The third-order valence-corrected chi connectivity index (χ3v) is 4.40. The van der Waals surface area contributed by atoms with Gasteiger partial charge in [-0.25, -0.2) is 0 Å². The topological polar surface area (TPSA) is 61.4 Å². The monoisotopic (exact) mass is 317 g/mol. The number of hydrogen-bond acceptors (Lipinski definition) is 3. The molecule has 1 saturated carbocycles. The maximum absolute atomic E-state index is 12.4. The molecule has 0 bridgehead atoms. The Hall–Kier alpha value is -1.88. The van der Waals surface area contributed by atoms with Crippen molar-refractivity contribution in [2.75, 3.05) is 32.5 Å². The van der Waals surface area contributed by atoms with Crippen LogP contribution in [-0.4, -0.2) is 43.9 Å². The third kappa shape index (κ3) is 5.06. The van der Waals surface area contributed by atoms with Crippen molar-refractivity contribution in [2.24, 2.45) is 5.92 Å². The van der Waals surface area contributed by atoms with E-state index in [1.54, 1.807) is 24.1 Å². The third-order valence-electron chi connectivity index (χ3n) is 4.40. The van der Waals surface area contributed by atoms with Crippen LogP contribution in [0.4, 0.5) is 5.69 Å². The number of nitrogens with one attached hydrogen (secondary N) is 2. The van der Waals surface area contributed by atoms with E-state index >= 15 is 0 Å². The van der Waals surface area contributed by atoms with Gasteiger partial charge in [0.05, 0.1) is 0 Å². The average molecular weight is 317 g/mol. The van der Waals surface area contributed by atoms with Crippen LogP contribution in [0, 0.1) is 5.92 Å². The Kier molecular flexibility index (Phi) is 6.59. The molecule has 0 atom stereocenters. The van der Waals surface area contributed by atoms with Gasteiger partial charge < -0.3 is 15.5 Å². The molecular weight excluding hydrogens is 290 g/mol. The van der Waals surface area contributed by atoms with Gasteiger partial charge in [-0.15, -0.1) is 0 Å². The minimum absolute atomic E-state index is 0.0333. The summed E-state index contributed by atoms with van der Waals surface area (Å²) in [6.07, 6.45) is 5.43. The Labute approximate surface area is 138 Å². The van der Waals surface area contributed by atoms with Crippen LogP contribution in [0.1, 0.15) is 42.5 Å². The van der Waals surface area contributed by atoms with Gasteiger partial charge in [-0.1, -0.05) is 25.3 Å². The first-order valence-corrected chi connectivity index (χ1v) is 8.43. The molecule has 2 N–H and O–H groups in total. The number of anilines is 1. The van der Waals surface area contributed by atoms with E-state index in [0.29, 0.717) is 17.8 Å². The fourth-order valence-corrected chi connectivity index (χ4v) is 2.94. The Morgan fingerprint density at radius 3 is 2.65 bits per heavy atom. The maximum Gasteiger partial charge on any atom is 0.253 e. The van der Waals surface area contributed by atoms with Crippen molar-refractivity contribution >= 4 is 17.5 Å². The number of hydrogen-bond donors (Lipinski definition) is 2. The van der Waals surface area contributed by atoms with Crippen LogP contribution in [0.15, 0.2) is 24.3 Å². The molecule has 0 heterocycles. The molecule has 5 heteroatoms. The van der Waals surface area contributed by atoms with Gasteiger partial charge in [0.15, 0.2) is 0 Å². The van der Waals surface area contributed by atoms with Gasteiger partial charge in [-0.05, 0) is 38.1 Å². The van der Waals surface area contributed by atoms with E-state index in [9.17, 15) is 9.59 Å². The number of nitrogens with zero attached hydrogens (tertiary/aromatic N) is 1. The molecule has 0 unspecified atom stereocenters. The van der Waals surface area contributed by atoms with Gasteiger partial charge >= 0.3 is 0 Å². The molecule has 1 aliphatic carbocycles. The van der Waals surface area contributed by atoms with Crippen LogP contribution in [0.5, 0.6) is 0 Å². The molecule has 1 fully saturated rings. The van der Waals surface area contributed by atoms with Gasteiger partial charge in [0.1, 0.15) is 0 Å². The fraction of sp³-hybridized carbons (Fsp3) is 0.556. The highest BCUT2D eigenvalue weighted by molar-refractivity contribution is 5.97. The first kappa shape index (κ1) is 17.5. The normalized spacial score (nSPS) is 15.2. The summed E-state index contributed by atoms with van der Waals surface area (Å²) in [6, 6.07) is 7.20. The van der Waals surface area contributed by atoms with Crippen LogP contribution < -0.4 is 10.6 Å². The molecule has 1 aliphatic rings. The summed E-state index contributed by atoms with van der Waals surface area (Å²) in [5.41, 5.74) is 1.30. The van der Waals surface area contributed by atoms with Crippen LogP contribution in [-0.2, 0) is 4.79 Å². The highest BCUT2D eigenvalue weighted by Crippen LogP contribution is 2.25. The molecule has 1 aromatic carbocycles. The highest BCUT2D eigenvalue weighted by atomic mass is 16.2. The van der Waals surface area contributed by atoms with E-state index in [-0.39, 0.29) is 17.7 Å². The molecule has 2 amide bonds. The van der Waals surface area contributed by atoms with Crippen molar-refractivity contribution in [3.63, 3.8) is 0 Å². The Morgan fingerprint density at radius 2 is 1.96 bits per heavy atom. The Bertz CT molecular complexity index is 539. The second-order valence-electron chi connectivity index (χ2n) is 6.24. The zero-order valence-electron chi connectivity index (χ0n) is 14.1. The quantitative estimate of drug-likeness (QED) is 0.847. The SMILES string of the molecule is CNCCN(C)C(=O)c1cccc(NC(=O)C2CCCCC2)c1. The summed E-state index contributed by atoms with van der Waals surface area (Å²) >= 11 is 0. The van der Waals surface area contributed by atoms with Crippen LogP contribution in [0.3, 0.4) is 0 Å². The standard InChI is InChI=1S/C18H27N3O2/c1-19-11-12-21(2)18(23)15-9-6-10-16(13-15)20-17(22)14-7-4-3-5-8-14/h6,9-10,13-14,19H,3-5,7-8,11-12H2,1-2H3,(H,20,22). The summed E-state index contributed by atoms with van der Waals surface area (Å²) in [5, 5.41) is 5.99. The Morgan fingerprint density at radius 1 is 1.22 bits per heavy atom. The molecular formula is C18H27N3O2. The predicted molar refractivity (Wildman–Crippen MR) is 92.5 cm³/mol. The lowest BCUT2D eigenvalue weighted by Gasteiger charge is -2.21. The highest BCUT2D eigenvalue weighted by Gasteiger charge is 2.21. The number of benzene rings is 1. The maximum atomic E-state index is 12.4. The van der Waals surface area contributed by atoms with Crippen molar-refractivity contribution in [1.82, 2.24) is 10.2 Å². The number of carbonyl (C=O) groups excluding carboxylic acids is 2. The largest absolute Gasteiger partial charge is 0.340 e. The molecule has 5 nitrogen and oxygen atoms in total. The van der Waals surface area contributed by atoms with E-state index in [1.807, 2.05) is 19.2 Å². The lowest BCUT2D eigenvalue weighted by atomic mass is 9.88. The van der Waals surface area contributed by atoms with E-state index in [1.165, 1.54) is 6.42 Å². The zero-order valence-corrected chi connectivity index (χ0v) is 14.1. The van der Waals surface area contributed by atoms with Crippen molar-refractivity contribution in [3.8, 4) is 0 Å². The average Bonchev–Trinajstić information content (AvgIpc) is 2.60. The molecule has 1 aromatic rings. The lowest BCUT2D eigenvalue weighted by Crippen LogP contribution is -2.32. The minimum Gasteiger partial charge on any atom is -0.340 e. The Balaban J connectivity index is 1.98. The molecule has 23 heavy (non-hydrogen) atoms. The van der Waals surface area contributed by atoms with Crippen LogP contribution in [0.2, 0.25) is 0 Å². The minimum atomic E-state index is -0.0333. The van der Waals surface area contributed by atoms with E-state index in [4.69, 9.17) is 0 Å². The van der Waals surface area contributed by atoms with Gasteiger partial charge in [-0.3, -0.25) is 9.59 Å². The number of rotatable bonds is 6. The fourth-order valence-electron chi connectivity index (χ4n) is 2.94. The molecule has 2 rings (SSSR count). The number of amides is 2. The van der Waals surface area contributed by atoms with Crippen LogP contribution >= 0.6 is 0 Å². The smallest absolute Gasteiger partial charge is 0.253 e. The molecule has 0 aliphatic heterocycles. The summed E-state index contributed by atoms with van der Waals surface area (Å²) in [7, 11) is 3.65. The molecule has 0 aromatic heterocycles. The molecule has 0 spiro atoms. The second kappa shape index (κ2) is 8.67. The molecule has 126 valence electrons. The van der Waals surface area contributed by atoms with Crippen molar-refractivity contribution < 1.29 is 9.59 Å². The van der Waals surface area contributed by atoms with Gasteiger partial charge in [0.2, 0.25) is 5.91 Å². The van der Waals surface area contributed by atoms with E-state index < -0.39 is 0 Å². The second-order valence-corrected chi connectivity index (χ2v) is 6.24. The van der Waals surface area contributed by atoms with Crippen molar-refractivity contribution in [2.45, 2.75) is 32.1 Å². The van der Waals surface area contributed by atoms with Gasteiger partial charge in [0, 0.05) is 37.3 Å². The van der Waals surface area contributed by atoms with E-state index in [2.05, 4.69) is 10.6 Å². The van der Waals surface area contributed by atoms with Crippen molar-refractivity contribution in [3.05, 3.63) is 29.8 Å². The summed E-state index contributed by atoms with van der Waals surface area (Å²) in [4.78, 5) is 26.4. The lowest BCUT2D eigenvalue weighted by molar-refractivity contribution is -0.120. The van der Waals surface area contributed by atoms with Gasteiger partial charge in [-0.2, -0.15) is 0 Å². The predicted octanol–water partition coefficient (Wildman–Crippen LogP) is 2.50. The number of likely N-dealkylation sites (N-methyl/N-ethyl adjacent to an activating group) is 2. The van der Waals surface area contributed by atoms with Crippen molar-refractivity contribution in [1.29, 1.82) is 0 Å². The zero-order chi connectivity index (χ0) is 16.7. The first-order valence-electron chi connectivity index (χ1n) is 8.43. The van der Waals surface area contributed by atoms with E-state index in [0.717, 1.165) is 32.2 Å². The number of carbonyl (C=O) groups is 2. The van der Waals surface area contributed by atoms with Gasteiger partial charge in [0.25, 0.3) is 5.91 Å². The first-order chi connectivity index (χ1) is 11.1.